The number of hydrogen-bond acceptors (Lipinski definition) is 3. The van der Waals surface area contributed by atoms with Gasteiger partial charge in [-0.05, 0) is 29.5 Å². The maximum atomic E-state index is 11.3. The van der Waals surface area contributed by atoms with Crippen molar-refractivity contribution < 1.29 is 10.0 Å². The fourth-order valence-corrected chi connectivity index (χ4v) is 2.46. The number of rotatable bonds is 6. The summed E-state index contributed by atoms with van der Waals surface area (Å²) in [5.41, 5.74) is 5.14. The number of aromatic nitrogens is 1. The summed E-state index contributed by atoms with van der Waals surface area (Å²) >= 11 is 0. The highest BCUT2D eigenvalue weighted by molar-refractivity contribution is 5.91. The number of unbranched alkanes of at least 4 members (excludes halogenated alkanes) is 1. The summed E-state index contributed by atoms with van der Waals surface area (Å²) in [6.07, 6.45) is 5.29. The lowest BCUT2D eigenvalue weighted by atomic mass is 9.93. The van der Waals surface area contributed by atoms with Gasteiger partial charge in [0.15, 0.2) is 0 Å². The molecule has 0 bridgehead atoms. The lowest BCUT2D eigenvalue weighted by Gasteiger charge is -2.13. The molecule has 0 aliphatic rings. The number of amides is 1. The second-order valence-electron chi connectivity index (χ2n) is 5.54. The molecule has 0 spiro atoms. The Morgan fingerprint density at radius 1 is 1.27 bits per heavy atom. The molecule has 0 aliphatic carbocycles. The number of hydroxylamine groups is 1. The average Bonchev–Trinajstić information content (AvgIpc) is 2.59. The number of pyridine rings is 1. The Labute approximate surface area is 131 Å². The highest BCUT2D eigenvalue weighted by Gasteiger charge is 2.08. The van der Waals surface area contributed by atoms with E-state index in [9.17, 15) is 4.79 Å². The van der Waals surface area contributed by atoms with Gasteiger partial charge in [-0.15, -0.1) is 0 Å². The topological polar surface area (TPSA) is 62.2 Å². The molecule has 0 saturated carbocycles. The largest absolute Gasteiger partial charge is 0.293 e. The van der Waals surface area contributed by atoms with Crippen LogP contribution >= 0.6 is 0 Å². The van der Waals surface area contributed by atoms with E-state index in [4.69, 9.17) is 5.21 Å². The molecule has 1 aromatic carbocycles. The van der Waals surface area contributed by atoms with Gasteiger partial charge in [-0.25, -0.2) is 5.48 Å². The molecule has 1 unspecified atom stereocenters. The monoisotopic (exact) mass is 298 g/mol. The van der Waals surface area contributed by atoms with Crippen molar-refractivity contribution in [1.29, 1.82) is 0 Å². The summed E-state index contributed by atoms with van der Waals surface area (Å²) in [4.78, 5) is 15.4. The molecule has 2 rings (SSSR count). The van der Waals surface area contributed by atoms with Crippen LogP contribution in [0.2, 0.25) is 0 Å². The molecule has 116 valence electrons. The molecule has 4 heteroatoms. The average molecular weight is 298 g/mol. The molecule has 4 nitrogen and oxygen atoms in total. The third kappa shape index (κ3) is 3.92. The van der Waals surface area contributed by atoms with Gasteiger partial charge in [0, 0.05) is 11.8 Å². The zero-order valence-corrected chi connectivity index (χ0v) is 13.0. The van der Waals surface area contributed by atoms with Gasteiger partial charge in [-0.3, -0.25) is 15.0 Å². The van der Waals surface area contributed by atoms with Crippen molar-refractivity contribution in [2.45, 2.75) is 39.0 Å². The van der Waals surface area contributed by atoms with E-state index in [-0.39, 0.29) is 5.69 Å². The minimum absolute atomic E-state index is 0.193. The van der Waals surface area contributed by atoms with Crippen LogP contribution in [0.3, 0.4) is 0 Å². The Morgan fingerprint density at radius 3 is 2.73 bits per heavy atom. The summed E-state index contributed by atoms with van der Waals surface area (Å²) in [5.74, 6) is -0.0687. The van der Waals surface area contributed by atoms with E-state index in [1.165, 1.54) is 24.8 Å². The molecule has 2 N–H and O–H groups in total. The van der Waals surface area contributed by atoms with Crippen molar-refractivity contribution in [1.82, 2.24) is 10.5 Å². The van der Waals surface area contributed by atoms with Crippen molar-refractivity contribution in [3.63, 3.8) is 0 Å². The molecule has 0 fully saturated rings. The zero-order chi connectivity index (χ0) is 15.9. The number of benzene rings is 1. The van der Waals surface area contributed by atoms with Crippen LogP contribution in [-0.4, -0.2) is 16.1 Å². The standard InChI is InChI=1S/C18H22N2O2/c1-3-4-6-13(2)14-7-5-8-15(11-14)16-9-10-17(19-12-16)18(21)20-22/h5,7-13,22H,3-4,6H2,1-2H3,(H,20,21). The molecule has 1 aromatic heterocycles. The van der Waals surface area contributed by atoms with Gasteiger partial charge in [0.2, 0.25) is 0 Å². The number of nitrogens with zero attached hydrogens (tertiary/aromatic N) is 1. The first-order valence-electron chi connectivity index (χ1n) is 7.66. The summed E-state index contributed by atoms with van der Waals surface area (Å²) in [5, 5.41) is 8.60. The van der Waals surface area contributed by atoms with Crippen molar-refractivity contribution in [3.8, 4) is 11.1 Å². The highest BCUT2D eigenvalue weighted by Crippen LogP contribution is 2.26. The van der Waals surface area contributed by atoms with Crippen LogP contribution in [0, 0.1) is 0 Å². The maximum Gasteiger partial charge on any atom is 0.293 e. The Morgan fingerprint density at radius 2 is 2.09 bits per heavy atom. The van der Waals surface area contributed by atoms with Gasteiger partial charge < -0.3 is 0 Å². The Hall–Kier alpha value is -2.20. The van der Waals surface area contributed by atoms with Gasteiger partial charge in [0.05, 0.1) is 0 Å². The molecule has 1 heterocycles. The van der Waals surface area contributed by atoms with Crippen LogP contribution in [0.1, 0.15) is 55.1 Å². The number of carbonyl (C=O) groups is 1. The minimum atomic E-state index is -0.603. The lowest BCUT2D eigenvalue weighted by molar-refractivity contribution is 0.0701. The van der Waals surface area contributed by atoms with Crippen molar-refractivity contribution >= 4 is 5.91 Å². The molecule has 2 aromatic rings. The van der Waals surface area contributed by atoms with Gasteiger partial charge in [-0.1, -0.05) is 57.0 Å². The predicted octanol–water partition coefficient (Wildman–Crippen LogP) is 4.16. The van der Waals surface area contributed by atoms with Gasteiger partial charge in [0.25, 0.3) is 5.91 Å². The fraction of sp³-hybridized carbons (Fsp3) is 0.333. The third-order valence-corrected chi connectivity index (χ3v) is 3.88. The van der Waals surface area contributed by atoms with E-state index in [2.05, 4.69) is 37.0 Å². The van der Waals surface area contributed by atoms with Crippen LogP contribution < -0.4 is 5.48 Å². The van der Waals surface area contributed by atoms with E-state index in [1.807, 2.05) is 12.1 Å². The summed E-state index contributed by atoms with van der Waals surface area (Å²) < 4.78 is 0. The normalized spacial score (nSPS) is 12.0. The quantitative estimate of drug-likeness (QED) is 0.621. The van der Waals surface area contributed by atoms with Gasteiger partial charge in [-0.2, -0.15) is 0 Å². The van der Waals surface area contributed by atoms with Gasteiger partial charge in [0.1, 0.15) is 5.69 Å². The molecule has 22 heavy (non-hydrogen) atoms. The van der Waals surface area contributed by atoms with Crippen LogP contribution in [-0.2, 0) is 0 Å². The Bertz CT molecular complexity index is 623. The van der Waals surface area contributed by atoms with Crippen LogP contribution in [0.15, 0.2) is 42.6 Å². The smallest absolute Gasteiger partial charge is 0.288 e. The maximum absolute atomic E-state index is 11.3. The first-order chi connectivity index (χ1) is 10.7. The van der Waals surface area contributed by atoms with E-state index in [0.717, 1.165) is 11.1 Å². The molecule has 1 atom stereocenters. The first kappa shape index (κ1) is 16.2. The Kier molecular flexibility index (Phi) is 5.67. The molecule has 0 aliphatic heterocycles. The van der Waals surface area contributed by atoms with Crippen molar-refractivity contribution in [2.24, 2.45) is 0 Å². The molecule has 0 radical (unpaired) electrons. The minimum Gasteiger partial charge on any atom is -0.288 e. The van der Waals surface area contributed by atoms with Crippen LogP contribution in [0.5, 0.6) is 0 Å². The van der Waals surface area contributed by atoms with Crippen molar-refractivity contribution in [2.75, 3.05) is 0 Å². The fourth-order valence-electron chi connectivity index (χ4n) is 2.46. The summed E-state index contributed by atoms with van der Waals surface area (Å²) in [6, 6.07) is 11.9. The van der Waals surface area contributed by atoms with E-state index < -0.39 is 5.91 Å². The second-order valence-corrected chi connectivity index (χ2v) is 5.54. The third-order valence-electron chi connectivity index (χ3n) is 3.88. The van der Waals surface area contributed by atoms with Gasteiger partial charge >= 0.3 is 0 Å². The first-order valence-corrected chi connectivity index (χ1v) is 7.66. The zero-order valence-electron chi connectivity index (χ0n) is 13.0. The van der Waals surface area contributed by atoms with Crippen LogP contribution in [0.25, 0.3) is 11.1 Å². The number of hydrogen-bond donors (Lipinski definition) is 2. The lowest BCUT2D eigenvalue weighted by Crippen LogP contribution is -2.19. The predicted molar refractivity (Wildman–Crippen MR) is 86.9 cm³/mol. The van der Waals surface area contributed by atoms with E-state index >= 15 is 0 Å². The van der Waals surface area contributed by atoms with E-state index in [1.54, 1.807) is 17.7 Å². The van der Waals surface area contributed by atoms with E-state index in [0.29, 0.717) is 5.92 Å². The highest BCUT2D eigenvalue weighted by atomic mass is 16.5. The number of nitrogens with one attached hydrogen (secondary N) is 1. The second kappa shape index (κ2) is 7.71. The molecule has 1 amide bonds. The number of carbonyl (C=O) groups excluding carboxylic acids is 1. The molecular formula is C18H22N2O2. The molecular weight excluding hydrogens is 276 g/mol. The van der Waals surface area contributed by atoms with Crippen molar-refractivity contribution in [3.05, 3.63) is 53.9 Å². The molecule has 0 saturated heterocycles. The summed E-state index contributed by atoms with van der Waals surface area (Å²) in [6.45, 7) is 4.46. The van der Waals surface area contributed by atoms with Crippen LogP contribution in [0.4, 0.5) is 0 Å². The summed E-state index contributed by atoms with van der Waals surface area (Å²) in [7, 11) is 0. The Balaban J connectivity index is 2.20. The SMILES string of the molecule is CCCCC(C)c1cccc(-c2ccc(C(=O)NO)nc2)c1.